The van der Waals surface area contributed by atoms with E-state index in [1.165, 1.54) is 24.3 Å². The van der Waals surface area contributed by atoms with Crippen molar-refractivity contribution < 1.29 is 19.0 Å². The molecule has 3 rings (SSSR count). The molecule has 24 heavy (non-hydrogen) atoms. The van der Waals surface area contributed by atoms with Crippen LogP contribution in [-0.4, -0.2) is 26.0 Å². The maximum absolute atomic E-state index is 11.8. The normalized spacial score (nSPS) is 10.5. The number of nitrogens with one attached hydrogen (secondary N) is 1. The van der Waals surface area contributed by atoms with E-state index < -0.39 is 10.9 Å². The second-order valence-electron chi connectivity index (χ2n) is 4.62. The fraction of sp³-hybridized carbons (Fsp3) is 0.0714. The molecule has 1 aromatic carbocycles. The van der Waals surface area contributed by atoms with Gasteiger partial charge in [0.15, 0.2) is 6.61 Å². The molecule has 0 saturated carbocycles. The number of nitrogens with zero attached hydrogens (tertiary/aromatic N) is 3. The van der Waals surface area contributed by atoms with Crippen molar-refractivity contribution in [1.29, 1.82) is 0 Å². The molecule has 0 fully saturated rings. The fourth-order valence-corrected chi connectivity index (χ4v) is 2.20. The number of non-ortho nitro benzene ring substituents is 1. The van der Waals surface area contributed by atoms with E-state index in [0.29, 0.717) is 5.56 Å². The molecule has 9 nitrogen and oxygen atoms in total. The Bertz CT molecular complexity index is 887. The van der Waals surface area contributed by atoms with Crippen LogP contribution in [-0.2, 0) is 11.3 Å². The summed E-state index contributed by atoms with van der Waals surface area (Å²) < 4.78 is 10.8. The number of benzene rings is 1. The monoisotopic (exact) mass is 392 g/mol. The summed E-state index contributed by atoms with van der Waals surface area (Å²) in [5.74, 6) is -0.198. The zero-order chi connectivity index (χ0) is 17.1. The number of nitro benzene ring substituents is 1. The zero-order valence-electron chi connectivity index (χ0n) is 11.9. The molecule has 0 atom stereocenters. The second-order valence-corrected chi connectivity index (χ2v) is 5.54. The SMILES string of the molecule is O=C(OCc1nc(-c2ccc([N+](=O)[O-])cc2)no1)c1cc(Br)c[nH]1. The largest absolute Gasteiger partial charge is 0.451 e. The van der Waals surface area contributed by atoms with Gasteiger partial charge in [0, 0.05) is 28.4 Å². The van der Waals surface area contributed by atoms with Crippen LogP contribution in [0.15, 0.2) is 45.5 Å². The summed E-state index contributed by atoms with van der Waals surface area (Å²) in [6, 6.07) is 7.28. The number of hydrogen-bond donors (Lipinski definition) is 1. The number of nitro groups is 1. The molecule has 0 amide bonds. The highest BCUT2D eigenvalue weighted by Crippen LogP contribution is 2.20. The lowest BCUT2D eigenvalue weighted by Crippen LogP contribution is -2.05. The van der Waals surface area contributed by atoms with Crippen LogP contribution >= 0.6 is 15.9 Å². The first-order valence-electron chi connectivity index (χ1n) is 6.61. The van der Waals surface area contributed by atoms with E-state index in [1.54, 1.807) is 12.3 Å². The lowest BCUT2D eigenvalue weighted by molar-refractivity contribution is -0.384. The van der Waals surface area contributed by atoms with E-state index in [9.17, 15) is 14.9 Å². The van der Waals surface area contributed by atoms with Gasteiger partial charge in [0.1, 0.15) is 5.69 Å². The average Bonchev–Trinajstić information content (AvgIpc) is 3.22. The van der Waals surface area contributed by atoms with Crippen molar-refractivity contribution in [2.75, 3.05) is 0 Å². The van der Waals surface area contributed by atoms with Crippen molar-refractivity contribution in [3.05, 3.63) is 62.7 Å². The highest BCUT2D eigenvalue weighted by molar-refractivity contribution is 9.10. The van der Waals surface area contributed by atoms with Crippen molar-refractivity contribution in [3.63, 3.8) is 0 Å². The third-order valence-electron chi connectivity index (χ3n) is 3.00. The molecule has 3 aromatic rings. The number of aromatic amines is 1. The van der Waals surface area contributed by atoms with E-state index in [2.05, 4.69) is 31.1 Å². The molecule has 0 spiro atoms. The Morgan fingerprint density at radius 3 is 2.75 bits per heavy atom. The minimum atomic E-state index is -0.559. The number of H-pyrrole nitrogens is 1. The first-order valence-corrected chi connectivity index (χ1v) is 7.40. The Kier molecular flexibility index (Phi) is 4.38. The zero-order valence-corrected chi connectivity index (χ0v) is 13.5. The third-order valence-corrected chi connectivity index (χ3v) is 3.46. The van der Waals surface area contributed by atoms with Crippen molar-refractivity contribution in [2.45, 2.75) is 6.61 Å². The Balaban J connectivity index is 1.65. The fourth-order valence-electron chi connectivity index (χ4n) is 1.85. The number of rotatable bonds is 5. The topological polar surface area (TPSA) is 124 Å². The van der Waals surface area contributed by atoms with Gasteiger partial charge in [-0.25, -0.2) is 4.79 Å². The number of ether oxygens (including phenoxy) is 1. The molecule has 0 aliphatic rings. The number of halogens is 1. The maximum atomic E-state index is 11.8. The van der Waals surface area contributed by atoms with Crippen LogP contribution in [0.4, 0.5) is 5.69 Å². The minimum Gasteiger partial charge on any atom is -0.451 e. The van der Waals surface area contributed by atoms with E-state index in [4.69, 9.17) is 9.26 Å². The summed E-state index contributed by atoms with van der Waals surface area (Å²) in [7, 11) is 0. The van der Waals surface area contributed by atoms with E-state index in [0.717, 1.165) is 4.47 Å². The van der Waals surface area contributed by atoms with Gasteiger partial charge in [-0.2, -0.15) is 4.98 Å². The summed E-state index contributed by atoms with van der Waals surface area (Å²) in [6.45, 7) is -0.185. The van der Waals surface area contributed by atoms with Gasteiger partial charge in [-0.15, -0.1) is 0 Å². The van der Waals surface area contributed by atoms with Crippen LogP contribution in [0.5, 0.6) is 0 Å². The number of carbonyl (C=O) groups excluding carboxylic acids is 1. The highest BCUT2D eigenvalue weighted by Gasteiger charge is 2.14. The molecule has 1 N–H and O–H groups in total. The van der Waals surface area contributed by atoms with Crippen LogP contribution in [0, 0.1) is 10.1 Å². The van der Waals surface area contributed by atoms with Crippen LogP contribution in [0.3, 0.4) is 0 Å². The van der Waals surface area contributed by atoms with Crippen molar-refractivity contribution in [2.24, 2.45) is 0 Å². The van der Waals surface area contributed by atoms with Gasteiger partial charge < -0.3 is 14.2 Å². The molecule has 0 unspecified atom stereocenters. The standard InChI is InChI=1S/C14H9BrN4O5/c15-9-5-11(16-6-9)14(20)23-7-12-17-13(18-24-12)8-1-3-10(4-2-8)19(21)22/h1-6,16H,7H2. The molecule has 0 aliphatic heterocycles. The first kappa shape index (κ1) is 15.9. The first-order chi connectivity index (χ1) is 11.5. The summed E-state index contributed by atoms with van der Waals surface area (Å²) in [4.78, 5) is 28.7. The van der Waals surface area contributed by atoms with Gasteiger partial charge in [-0.05, 0) is 34.1 Å². The Morgan fingerprint density at radius 1 is 1.38 bits per heavy atom. The molecule has 0 aliphatic carbocycles. The molecule has 2 heterocycles. The van der Waals surface area contributed by atoms with E-state index >= 15 is 0 Å². The molecule has 0 bridgehead atoms. The van der Waals surface area contributed by atoms with Crippen LogP contribution < -0.4 is 0 Å². The molecule has 0 radical (unpaired) electrons. The van der Waals surface area contributed by atoms with Gasteiger partial charge in [-0.3, -0.25) is 10.1 Å². The van der Waals surface area contributed by atoms with Crippen molar-refractivity contribution in [1.82, 2.24) is 15.1 Å². The van der Waals surface area contributed by atoms with E-state index in [-0.39, 0.29) is 29.7 Å². The third kappa shape index (κ3) is 3.49. The summed E-state index contributed by atoms with van der Waals surface area (Å²) in [6.07, 6.45) is 1.61. The highest BCUT2D eigenvalue weighted by atomic mass is 79.9. The van der Waals surface area contributed by atoms with Crippen LogP contribution in [0.2, 0.25) is 0 Å². The van der Waals surface area contributed by atoms with Crippen molar-refractivity contribution in [3.8, 4) is 11.4 Å². The van der Waals surface area contributed by atoms with Crippen LogP contribution in [0.1, 0.15) is 16.4 Å². The molecular formula is C14H9BrN4O5. The van der Waals surface area contributed by atoms with E-state index in [1.807, 2.05) is 0 Å². The summed E-state index contributed by atoms with van der Waals surface area (Å²) in [5, 5.41) is 14.4. The summed E-state index contributed by atoms with van der Waals surface area (Å²) in [5.41, 5.74) is 0.806. The minimum absolute atomic E-state index is 0.0338. The van der Waals surface area contributed by atoms with Gasteiger partial charge in [0.05, 0.1) is 4.92 Å². The Labute approximate surface area is 142 Å². The van der Waals surface area contributed by atoms with Crippen LogP contribution in [0.25, 0.3) is 11.4 Å². The average molecular weight is 393 g/mol. The smallest absolute Gasteiger partial charge is 0.355 e. The predicted molar refractivity (Wildman–Crippen MR) is 84.0 cm³/mol. The van der Waals surface area contributed by atoms with Crippen molar-refractivity contribution >= 4 is 27.6 Å². The lowest BCUT2D eigenvalue weighted by Gasteiger charge is -1.98. The number of carbonyl (C=O) groups is 1. The second kappa shape index (κ2) is 6.62. The number of aromatic nitrogens is 3. The molecular weight excluding hydrogens is 384 g/mol. The van der Waals surface area contributed by atoms with Gasteiger partial charge in [0.2, 0.25) is 5.82 Å². The molecule has 2 aromatic heterocycles. The van der Waals surface area contributed by atoms with Gasteiger partial charge in [-0.1, -0.05) is 5.16 Å². The quantitative estimate of drug-likeness (QED) is 0.401. The summed E-state index contributed by atoms with van der Waals surface area (Å²) >= 11 is 3.22. The predicted octanol–water partition coefficient (Wildman–Crippen LogP) is 3.09. The van der Waals surface area contributed by atoms with Gasteiger partial charge in [0.25, 0.3) is 11.6 Å². The lowest BCUT2D eigenvalue weighted by atomic mass is 10.2. The Morgan fingerprint density at radius 2 is 2.12 bits per heavy atom. The van der Waals surface area contributed by atoms with Gasteiger partial charge >= 0.3 is 5.97 Å². The number of esters is 1. The number of hydrogen-bond acceptors (Lipinski definition) is 7. The molecule has 122 valence electrons. The maximum Gasteiger partial charge on any atom is 0.355 e. The Hall–Kier alpha value is -3.01. The molecule has 0 saturated heterocycles. The molecule has 10 heteroatoms.